The average Bonchev–Trinajstić information content (AvgIpc) is 3.25. The molecule has 0 saturated heterocycles. The van der Waals surface area contributed by atoms with Gasteiger partial charge in [-0.25, -0.2) is 0 Å². The third-order valence-electron chi connectivity index (χ3n) is 7.78. The highest BCUT2D eigenvalue weighted by molar-refractivity contribution is 7.10. The number of amides is 2. The lowest BCUT2D eigenvalue weighted by Gasteiger charge is -2.50. The van der Waals surface area contributed by atoms with Crippen LogP contribution in [-0.2, 0) is 16.0 Å². The third kappa shape index (κ3) is 5.91. The molecule has 2 aliphatic rings. The molecule has 0 bridgehead atoms. The number of nitrogens with one attached hydrogen (secondary N) is 2. The van der Waals surface area contributed by atoms with Gasteiger partial charge in [-0.1, -0.05) is 19.9 Å². The molecule has 1 aromatic heterocycles. The standard InChI is InChI=1S/C25H41N3O3S/c1-23(2)17-20(27-22(30)15-18-7-6-14-32-18)25(11-10-24(3,31)16-19(23)25)9-8-21(29)26-12-13-28(4)5/h6-7,14,19-20,31H,8-13,15-17H2,1-5H3,(H,26,29)(H,27,30)/t19-,20-,24+,25+/m0/s1. The molecule has 2 aliphatic carbocycles. The van der Waals surface area contributed by atoms with Gasteiger partial charge in [-0.2, -0.15) is 0 Å². The summed E-state index contributed by atoms with van der Waals surface area (Å²) in [6.07, 6.45) is 4.75. The maximum Gasteiger partial charge on any atom is 0.225 e. The SMILES string of the molecule is CN(C)CCNC(=O)CC[C@@]12CC[C@@](C)(O)C[C@H]1C(C)(C)C[C@@H]2NC(=O)Cc1cccs1. The molecule has 1 heterocycles. The Kier molecular flexibility index (Phi) is 7.73. The highest BCUT2D eigenvalue weighted by atomic mass is 32.1. The van der Waals surface area contributed by atoms with Crippen LogP contribution in [0.4, 0.5) is 0 Å². The van der Waals surface area contributed by atoms with Crippen molar-refractivity contribution in [3.63, 3.8) is 0 Å². The van der Waals surface area contributed by atoms with E-state index in [4.69, 9.17) is 0 Å². The van der Waals surface area contributed by atoms with E-state index in [2.05, 4.69) is 29.4 Å². The van der Waals surface area contributed by atoms with Gasteiger partial charge in [0.1, 0.15) is 0 Å². The molecule has 2 fully saturated rings. The van der Waals surface area contributed by atoms with Crippen LogP contribution >= 0.6 is 11.3 Å². The average molecular weight is 464 g/mol. The van der Waals surface area contributed by atoms with Crippen molar-refractivity contribution in [2.24, 2.45) is 16.7 Å². The predicted molar refractivity (Wildman–Crippen MR) is 130 cm³/mol. The Hall–Kier alpha value is -1.44. The van der Waals surface area contributed by atoms with Crippen LogP contribution in [0.15, 0.2) is 17.5 Å². The van der Waals surface area contributed by atoms with Gasteiger partial charge in [-0.3, -0.25) is 9.59 Å². The molecular weight excluding hydrogens is 422 g/mol. The zero-order chi connectivity index (χ0) is 23.6. The number of rotatable bonds is 9. The van der Waals surface area contributed by atoms with Crippen molar-refractivity contribution >= 4 is 23.2 Å². The molecule has 3 N–H and O–H groups in total. The molecule has 32 heavy (non-hydrogen) atoms. The van der Waals surface area contributed by atoms with Crippen molar-refractivity contribution < 1.29 is 14.7 Å². The lowest BCUT2D eigenvalue weighted by atomic mass is 9.57. The third-order valence-corrected chi connectivity index (χ3v) is 8.66. The van der Waals surface area contributed by atoms with Crippen molar-refractivity contribution in [3.05, 3.63) is 22.4 Å². The van der Waals surface area contributed by atoms with Crippen molar-refractivity contribution in [1.29, 1.82) is 0 Å². The summed E-state index contributed by atoms with van der Waals surface area (Å²) in [6, 6.07) is 4.00. The summed E-state index contributed by atoms with van der Waals surface area (Å²) >= 11 is 1.60. The van der Waals surface area contributed by atoms with E-state index < -0.39 is 5.60 Å². The van der Waals surface area contributed by atoms with Crippen LogP contribution in [0.2, 0.25) is 0 Å². The van der Waals surface area contributed by atoms with Crippen LogP contribution in [0.5, 0.6) is 0 Å². The van der Waals surface area contributed by atoms with Gasteiger partial charge in [0.05, 0.1) is 12.0 Å². The van der Waals surface area contributed by atoms with E-state index in [0.29, 0.717) is 25.8 Å². The lowest BCUT2D eigenvalue weighted by Crippen LogP contribution is -2.53. The summed E-state index contributed by atoms with van der Waals surface area (Å²) in [5.41, 5.74) is -0.850. The summed E-state index contributed by atoms with van der Waals surface area (Å²) in [6.45, 7) is 7.91. The molecule has 180 valence electrons. The van der Waals surface area contributed by atoms with Gasteiger partial charge in [0.2, 0.25) is 11.8 Å². The van der Waals surface area contributed by atoms with Crippen LogP contribution in [0.25, 0.3) is 0 Å². The Labute approximate surface area is 197 Å². The second kappa shape index (κ2) is 9.82. The van der Waals surface area contributed by atoms with Gasteiger partial charge in [0.15, 0.2) is 0 Å². The fourth-order valence-electron chi connectivity index (χ4n) is 6.10. The Balaban J connectivity index is 1.75. The molecule has 2 saturated carbocycles. The van der Waals surface area contributed by atoms with Crippen LogP contribution in [0.1, 0.15) is 64.2 Å². The highest BCUT2D eigenvalue weighted by Crippen LogP contribution is 2.63. The topological polar surface area (TPSA) is 81.7 Å². The van der Waals surface area contributed by atoms with E-state index in [9.17, 15) is 14.7 Å². The minimum Gasteiger partial charge on any atom is -0.390 e. The summed E-state index contributed by atoms with van der Waals surface area (Å²) < 4.78 is 0. The van der Waals surface area contributed by atoms with Crippen molar-refractivity contribution in [2.45, 2.75) is 77.4 Å². The molecule has 2 amide bonds. The first-order valence-electron chi connectivity index (χ1n) is 11.9. The quantitative estimate of drug-likeness (QED) is 0.525. The molecule has 0 unspecified atom stereocenters. The predicted octanol–water partition coefficient (Wildman–Crippen LogP) is 3.20. The van der Waals surface area contributed by atoms with Crippen molar-refractivity contribution in [1.82, 2.24) is 15.5 Å². The maximum absolute atomic E-state index is 12.9. The van der Waals surface area contributed by atoms with E-state index >= 15 is 0 Å². The van der Waals surface area contributed by atoms with Crippen LogP contribution in [-0.4, -0.2) is 60.6 Å². The van der Waals surface area contributed by atoms with Gasteiger partial charge in [-0.15, -0.1) is 11.3 Å². The normalized spacial score (nSPS) is 31.3. The smallest absolute Gasteiger partial charge is 0.225 e. The maximum atomic E-state index is 12.9. The zero-order valence-corrected chi connectivity index (χ0v) is 21.2. The largest absolute Gasteiger partial charge is 0.390 e. The number of carbonyl (C=O) groups is 2. The number of fused-ring (bicyclic) bond motifs is 1. The van der Waals surface area contributed by atoms with Crippen LogP contribution in [0.3, 0.4) is 0 Å². The molecular formula is C25H41N3O3S. The lowest BCUT2D eigenvalue weighted by molar-refractivity contribution is -0.124. The van der Waals surface area contributed by atoms with E-state index in [1.165, 1.54) is 0 Å². The second-order valence-electron chi connectivity index (χ2n) is 11.2. The van der Waals surface area contributed by atoms with Crippen molar-refractivity contribution in [2.75, 3.05) is 27.2 Å². The molecule has 0 aromatic carbocycles. The number of likely N-dealkylation sites (N-methyl/N-ethyl adjacent to an activating group) is 1. The second-order valence-corrected chi connectivity index (χ2v) is 12.2. The molecule has 1 aromatic rings. The Morgan fingerprint density at radius 2 is 1.94 bits per heavy atom. The number of carbonyl (C=O) groups excluding carboxylic acids is 2. The van der Waals surface area contributed by atoms with Gasteiger partial charge < -0.3 is 20.6 Å². The van der Waals surface area contributed by atoms with Gasteiger partial charge in [0.25, 0.3) is 0 Å². The van der Waals surface area contributed by atoms with Gasteiger partial charge in [0, 0.05) is 30.4 Å². The van der Waals surface area contributed by atoms with Crippen LogP contribution < -0.4 is 10.6 Å². The molecule has 3 rings (SSSR count). The summed E-state index contributed by atoms with van der Waals surface area (Å²) in [7, 11) is 3.99. The number of hydrogen-bond donors (Lipinski definition) is 3. The highest BCUT2D eigenvalue weighted by Gasteiger charge is 2.61. The van der Waals surface area contributed by atoms with E-state index in [0.717, 1.165) is 37.1 Å². The number of aliphatic hydroxyl groups is 1. The molecule has 6 nitrogen and oxygen atoms in total. The van der Waals surface area contributed by atoms with Gasteiger partial charge in [-0.05, 0) is 81.3 Å². The minimum absolute atomic E-state index is 0.00725. The molecule has 0 radical (unpaired) electrons. The zero-order valence-electron chi connectivity index (χ0n) is 20.4. The first-order chi connectivity index (χ1) is 14.9. The molecule has 7 heteroatoms. The number of nitrogens with zero attached hydrogens (tertiary/aromatic N) is 1. The Morgan fingerprint density at radius 1 is 1.19 bits per heavy atom. The molecule has 4 atom stereocenters. The monoisotopic (exact) mass is 463 g/mol. The van der Waals surface area contributed by atoms with E-state index in [1.807, 2.05) is 38.5 Å². The van der Waals surface area contributed by atoms with Crippen molar-refractivity contribution in [3.8, 4) is 0 Å². The Morgan fingerprint density at radius 3 is 2.59 bits per heavy atom. The molecule has 0 spiro atoms. The molecule has 0 aliphatic heterocycles. The first-order valence-corrected chi connectivity index (χ1v) is 12.8. The number of thiophene rings is 1. The van der Waals surface area contributed by atoms with Crippen LogP contribution in [0, 0.1) is 16.7 Å². The Bertz CT molecular complexity index is 790. The van der Waals surface area contributed by atoms with E-state index in [-0.39, 0.29) is 34.6 Å². The summed E-state index contributed by atoms with van der Waals surface area (Å²) in [5, 5.41) is 19.3. The minimum atomic E-state index is -0.685. The summed E-state index contributed by atoms with van der Waals surface area (Å²) in [4.78, 5) is 28.7. The van der Waals surface area contributed by atoms with Gasteiger partial charge >= 0.3 is 0 Å². The number of hydrogen-bond acceptors (Lipinski definition) is 5. The fraction of sp³-hybridized carbons (Fsp3) is 0.760. The summed E-state index contributed by atoms with van der Waals surface area (Å²) in [5.74, 6) is 0.395. The fourth-order valence-corrected chi connectivity index (χ4v) is 6.81. The van der Waals surface area contributed by atoms with E-state index in [1.54, 1.807) is 11.3 Å². The first kappa shape index (κ1) is 25.2.